The number of carboxylic acid groups (broad SMARTS) is 1. The molecule has 0 radical (unpaired) electrons. The molecule has 0 aliphatic heterocycles. The molecule has 2 rings (SSSR count). The number of nitrogens with one attached hydrogen (secondary N) is 2. The molecule has 5 nitrogen and oxygen atoms in total. The van der Waals surface area contributed by atoms with Gasteiger partial charge in [-0.3, -0.25) is 4.79 Å². The molecule has 5 heteroatoms. The van der Waals surface area contributed by atoms with E-state index in [-0.39, 0.29) is 18.6 Å². The van der Waals surface area contributed by atoms with E-state index in [0.29, 0.717) is 24.7 Å². The summed E-state index contributed by atoms with van der Waals surface area (Å²) in [5, 5.41) is 15.3. The summed E-state index contributed by atoms with van der Waals surface area (Å²) >= 11 is 0. The number of amides is 2. The molecule has 2 aliphatic carbocycles. The predicted molar refractivity (Wildman–Crippen MR) is 81.0 cm³/mol. The number of carboxylic acids is 1. The normalized spacial score (nSPS) is 36.2. The van der Waals surface area contributed by atoms with Crippen molar-refractivity contribution in [3.05, 3.63) is 0 Å². The monoisotopic (exact) mass is 296 g/mol. The Kier molecular flexibility index (Phi) is 5.12. The maximum Gasteiger partial charge on any atom is 0.315 e. The lowest BCUT2D eigenvalue weighted by molar-refractivity contribution is -0.151. The molecule has 0 bridgehead atoms. The van der Waals surface area contributed by atoms with E-state index in [1.165, 1.54) is 0 Å². The van der Waals surface area contributed by atoms with Crippen LogP contribution in [0.5, 0.6) is 0 Å². The van der Waals surface area contributed by atoms with Crippen LogP contribution in [0.4, 0.5) is 4.79 Å². The fourth-order valence-electron chi connectivity index (χ4n) is 3.61. The van der Waals surface area contributed by atoms with Crippen LogP contribution >= 0.6 is 0 Å². The molecule has 2 fully saturated rings. The highest BCUT2D eigenvalue weighted by atomic mass is 16.4. The zero-order valence-corrected chi connectivity index (χ0v) is 13.2. The number of rotatable bonds is 4. The highest BCUT2D eigenvalue weighted by Gasteiger charge is 2.41. The standard InChI is InChI=1S/C16H28N2O3/c1-11-5-7-16(8-6-11,14(19)20)10-17-15(21)18-13-4-3-12(2)9-13/h11-13H,3-10H2,1-2H3,(H,19,20)(H2,17,18,21). The minimum atomic E-state index is -0.774. The van der Waals surface area contributed by atoms with Crippen LogP contribution in [0.15, 0.2) is 0 Å². The third-order valence-electron chi connectivity index (χ3n) is 5.30. The van der Waals surface area contributed by atoms with Crippen LogP contribution < -0.4 is 10.6 Å². The summed E-state index contributed by atoms with van der Waals surface area (Å²) in [6, 6.07) is 0.0282. The minimum Gasteiger partial charge on any atom is -0.481 e. The van der Waals surface area contributed by atoms with Crippen molar-refractivity contribution in [2.24, 2.45) is 17.3 Å². The molecule has 2 unspecified atom stereocenters. The average Bonchev–Trinajstić information content (AvgIpc) is 2.83. The van der Waals surface area contributed by atoms with Crippen LogP contribution in [-0.4, -0.2) is 29.7 Å². The van der Waals surface area contributed by atoms with Gasteiger partial charge in [-0.15, -0.1) is 0 Å². The molecular weight excluding hydrogens is 268 g/mol. The number of urea groups is 1. The Balaban J connectivity index is 1.81. The lowest BCUT2D eigenvalue weighted by atomic mass is 9.71. The lowest BCUT2D eigenvalue weighted by Crippen LogP contribution is -2.49. The van der Waals surface area contributed by atoms with Gasteiger partial charge in [-0.2, -0.15) is 0 Å². The molecule has 0 aromatic carbocycles. The van der Waals surface area contributed by atoms with Crippen LogP contribution in [0.2, 0.25) is 0 Å². The van der Waals surface area contributed by atoms with Gasteiger partial charge in [0.15, 0.2) is 0 Å². The maximum absolute atomic E-state index is 12.0. The largest absolute Gasteiger partial charge is 0.481 e. The first kappa shape index (κ1) is 16.1. The van der Waals surface area contributed by atoms with Crippen molar-refractivity contribution in [3.8, 4) is 0 Å². The second-order valence-electron chi connectivity index (χ2n) is 7.21. The molecule has 2 atom stereocenters. The van der Waals surface area contributed by atoms with Crippen molar-refractivity contribution >= 4 is 12.0 Å². The third-order valence-corrected chi connectivity index (χ3v) is 5.30. The Morgan fingerprint density at radius 3 is 2.29 bits per heavy atom. The van der Waals surface area contributed by atoms with Gasteiger partial charge in [0, 0.05) is 12.6 Å². The summed E-state index contributed by atoms with van der Waals surface area (Å²) in [6.45, 7) is 4.60. The smallest absolute Gasteiger partial charge is 0.315 e. The van der Waals surface area contributed by atoms with Gasteiger partial charge in [0.25, 0.3) is 0 Å². The van der Waals surface area contributed by atoms with E-state index in [2.05, 4.69) is 24.5 Å². The van der Waals surface area contributed by atoms with Gasteiger partial charge in [0.2, 0.25) is 0 Å². The highest BCUT2D eigenvalue weighted by molar-refractivity contribution is 5.78. The fraction of sp³-hybridized carbons (Fsp3) is 0.875. The molecule has 120 valence electrons. The van der Waals surface area contributed by atoms with Gasteiger partial charge in [-0.05, 0) is 56.8 Å². The topological polar surface area (TPSA) is 78.4 Å². The molecule has 2 amide bonds. The van der Waals surface area contributed by atoms with E-state index in [9.17, 15) is 14.7 Å². The van der Waals surface area contributed by atoms with Gasteiger partial charge in [0.1, 0.15) is 0 Å². The third kappa shape index (κ3) is 4.11. The van der Waals surface area contributed by atoms with Gasteiger partial charge >= 0.3 is 12.0 Å². The Morgan fingerprint density at radius 1 is 1.10 bits per heavy atom. The van der Waals surface area contributed by atoms with Crippen molar-refractivity contribution in [1.29, 1.82) is 0 Å². The van der Waals surface area contributed by atoms with E-state index < -0.39 is 11.4 Å². The van der Waals surface area contributed by atoms with Crippen LogP contribution in [0.1, 0.15) is 58.8 Å². The van der Waals surface area contributed by atoms with Gasteiger partial charge < -0.3 is 15.7 Å². The second-order valence-corrected chi connectivity index (χ2v) is 7.21. The first-order chi connectivity index (χ1) is 9.91. The van der Waals surface area contributed by atoms with Gasteiger partial charge in [0.05, 0.1) is 5.41 Å². The van der Waals surface area contributed by atoms with Gasteiger partial charge in [-0.25, -0.2) is 4.79 Å². The number of aliphatic carboxylic acids is 1. The van der Waals surface area contributed by atoms with E-state index in [4.69, 9.17) is 0 Å². The summed E-state index contributed by atoms with van der Waals surface area (Å²) in [6.07, 6.45) is 6.37. The van der Waals surface area contributed by atoms with Gasteiger partial charge in [-0.1, -0.05) is 13.8 Å². The first-order valence-electron chi connectivity index (χ1n) is 8.19. The van der Waals surface area contributed by atoms with E-state index in [1.807, 2.05) is 0 Å². The van der Waals surface area contributed by atoms with Crippen LogP contribution in [0.3, 0.4) is 0 Å². The van der Waals surface area contributed by atoms with Crippen LogP contribution in [0.25, 0.3) is 0 Å². The van der Waals surface area contributed by atoms with E-state index >= 15 is 0 Å². The maximum atomic E-state index is 12.0. The van der Waals surface area contributed by atoms with E-state index in [1.54, 1.807) is 0 Å². The molecule has 0 saturated heterocycles. The average molecular weight is 296 g/mol. The van der Waals surface area contributed by atoms with Crippen LogP contribution in [-0.2, 0) is 4.79 Å². The summed E-state index contributed by atoms with van der Waals surface area (Å²) < 4.78 is 0. The predicted octanol–water partition coefficient (Wildman–Crippen LogP) is 2.76. The molecule has 3 N–H and O–H groups in total. The minimum absolute atomic E-state index is 0.214. The Bertz CT molecular complexity index is 389. The Morgan fingerprint density at radius 2 is 1.76 bits per heavy atom. The quantitative estimate of drug-likeness (QED) is 0.746. The molecule has 0 heterocycles. The fourth-order valence-corrected chi connectivity index (χ4v) is 3.61. The number of hydrogen-bond acceptors (Lipinski definition) is 2. The van der Waals surface area contributed by atoms with Crippen molar-refractivity contribution in [2.75, 3.05) is 6.54 Å². The van der Waals surface area contributed by atoms with Crippen molar-refractivity contribution in [3.63, 3.8) is 0 Å². The molecule has 0 aromatic rings. The van der Waals surface area contributed by atoms with Crippen molar-refractivity contribution in [1.82, 2.24) is 10.6 Å². The molecule has 2 aliphatic rings. The molecule has 2 saturated carbocycles. The van der Waals surface area contributed by atoms with Crippen molar-refractivity contribution < 1.29 is 14.7 Å². The van der Waals surface area contributed by atoms with Crippen molar-refractivity contribution in [2.45, 2.75) is 64.8 Å². The number of carbonyl (C=O) groups excluding carboxylic acids is 1. The molecule has 0 spiro atoms. The van der Waals surface area contributed by atoms with Crippen LogP contribution in [0, 0.1) is 17.3 Å². The highest BCUT2D eigenvalue weighted by Crippen LogP contribution is 2.38. The Labute approximate surface area is 126 Å². The summed E-state index contributed by atoms with van der Waals surface area (Å²) in [5.41, 5.74) is -0.771. The first-order valence-corrected chi connectivity index (χ1v) is 8.19. The zero-order valence-electron chi connectivity index (χ0n) is 13.2. The molecular formula is C16H28N2O3. The second kappa shape index (κ2) is 6.67. The lowest BCUT2D eigenvalue weighted by Gasteiger charge is -2.35. The SMILES string of the molecule is CC1CCC(CNC(=O)NC2CCC(C)C2)(C(=O)O)CC1. The zero-order chi connectivity index (χ0) is 15.5. The molecule has 21 heavy (non-hydrogen) atoms. The van der Waals surface area contributed by atoms with E-state index in [0.717, 1.165) is 32.1 Å². The summed E-state index contributed by atoms with van der Waals surface area (Å²) in [7, 11) is 0. The number of carbonyl (C=O) groups is 2. The summed E-state index contributed by atoms with van der Waals surface area (Å²) in [4.78, 5) is 23.6. The number of hydrogen-bond donors (Lipinski definition) is 3. The summed E-state index contributed by atoms with van der Waals surface area (Å²) in [5.74, 6) is 0.482. The molecule has 0 aromatic heterocycles. The Hall–Kier alpha value is -1.26.